The molecule has 0 saturated carbocycles. The van der Waals surface area contributed by atoms with Gasteiger partial charge >= 0.3 is 5.91 Å². The third-order valence-electron chi connectivity index (χ3n) is 4.62. The summed E-state index contributed by atoms with van der Waals surface area (Å²) in [4.78, 5) is 27.8. The van der Waals surface area contributed by atoms with Gasteiger partial charge in [-0.3, -0.25) is 14.5 Å². The van der Waals surface area contributed by atoms with Crippen molar-refractivity contribution in [2.45, 2.75) is 32.9 Å². The van der Waals surface area contributed by atoms with Crippen molar-refractivity contribution in [3.05, 3.63) is 69.6 Å². The topological polar surface area (TPSA) is 92.9 Å². The smallest absolute Gasteiger partial charge is 0.301 e. The predicted octanol–water partition coefficient (Wildman–Crippen LogP) is 4.46. The lowest BCUT2D eigenvalue weighted by atomic mass is 10.00. The monoisotopic (exact) mass is 424 g/mol. The number of hydrogen-bond donors (Lipinski definition) is 1. The maximum Gasteiger partial charge on any atom is 0.301 e. The normalized spacial score (nSPS) is 18.4. The van der Waals surface area contributed by atoms with Crippen LogP contribution >= 0.6 is 11.3 Å². The summed E-state index contributed by atoms with van der Waals surface area (Å²) in [5, 5.41) is 16.8. The summed E-state index contributed by atoms with van der Waals surface area (Å²) in [7, 11) is 0. The molecular formula is C22H20N2O5S. The Morgan fingerprint density at radius 3 is 2.53 bits per heavy atom. The van der Waals surface area contributed by atoms with Crippen LogP contribution in [0.1, 0.15) is 36.1 Å². The maximum absolute atomic E-state index is 12.9. The first-order valence-electron chi connectivity index (χ1n) is 9.41. The van der Waals surface area contributed by atoms with Crippen LogP contribution in [0, 0.1) is 6.92 Å². The minimum Gasteiger partial charge on any atom is -0.507 e. The summed E-state index contributed by atoms with van der Waals surface area (Å²) in [6, 6.07) is 11.2. The molecule has 3 aromatic rings. The van der Waals surface area contributed by atoms with Crippen LogP contribution in [0.3, 0.4) is 0 Å². The second-order valence-corrected chi connectivity index (χ2v) is 8.15. The van der Waals surface area contributed by atoms with E-state index >= 15 is 0 Å². The number of thiophene rings is 1. The second-order valence-electron chi connectivity index (χ2n) is 7.17. The van der Waals surface area contributed by atoms with Gasteiger partial charge in [-0.25, -0.2) is 0 Å². The first kappa shape index (κ1) is 19.9. The summed E-state index contributed by atoms with van der Waals surface area (Å²) in [5.41, 5.74) is 0.433. The van der Waals surface area contributed by atoms with Crippen molar-refractivity contribution in [3.63, 3.8) is 0 Å². The van der Waals surface area contributed by atoms with Crippen LogP contribution < -0.4 is 9.64 Å². The second kappa shape index (κ2) is 7.79. The standard InChI is InChI=1S/C22H20N2O5S/c1-12(2)28-15-8-6-14(7-9-15)20(25)18-19(16-5-4-10-30-16)24(22(27)21(18)26)17-11-13(3)29-23-17/h4-12,19,25H,1-3H3/b20-18+/t19-/m1/s1. The molecule has 3 heterocycles. The van der Waals surface area contributed by atoms with Gasteiger partial charge < -0.3 is 14.4 Å². The molecule has 1 N–H and O–H groups in total. The largest absolute Gasteiger partial charge is 0.507 e. The van der Waals surface area contributed by atoms with Crippen LogP contribution in [0.4, 0.5) is 5.82 Å². The molecule has 8 heteroatoms. The fraction of sp³-hybridized carbons (Fsp3) is 0.227. The Labute approximate surface area is 177 Å². The number of Topliss-reactive ketones (excluding diaryl/α,β-unsaturated/α-hetero) is 1. The lowest BCUT2D eigenvalue weighted by Gasteiger charge is -2.21. The van der Waals surface area contributed by atoms with Gasteiger partial charge in [0.1, 0.15) is 23.3 Å². The minimum atomic E-state index is -0.791. The zero-order valence-corrected chi connectivity index (χ0v) is 17.5. The molecule has 1 aliphatic heterocycles. The molecule has 2 aromatic heterocycles. The van der Waals surface area contributed by atoms with Crippen molar-refractivity contribution in [1.29, 1.82) is 0 Å². The predicted molar refractivity (Wildman–Crippen MR) is 113 cm³/mol. The Bertz CT molecular complexity index is 1110. The number of aliphatic hydroxyl groups is 1. The van der Waals surface area contributed by atoms with Gasteiger partial charge in [-0.1, -0.05) is 11.2 Å². The molecule has 1 amide bonds. The number of amides is 1. The number of ether oxygens (including phenoxy) is 1. The number of aromatic nitrogens is 1. The van der Waals surface area contributed by atoms with Crippen molar-refractivity contribution in [3.8, 4) is 5.75 Å². The van der Waals surface area contributed by atoms with E-state index in [2.05, 4.69) is 5.16 Å². The number of aliphatic hydroxyl groups excluding tert-OH is 1. The summed E-state index contributed by atoms with van der Waals surface area (Å²) in [6.07, 6.45) is 0.0134. The number of aryl methyl sites for hydroxylation is 1. The first-order chi connectivity index (χ1) is 14.4. The van der Waals surface area contributed by atoms with E-state index in [4.69, 9.17) is 9.26 Å². The SMILES string of the molecule is Cc1cc(N2C(=O)C(=O)/C(=C(/O)c3ccc(OC(C)C)cc3)[C@H]2c2cccs2)no1. The van der Waals surface area contributed by atoms with E-state index in [1.165, 1.54) is 16.2 Å². The zero-order valence-electron chi connectivity index (χ0n) is 16.7. The van der Waals surface area contributed by atoms with Crippen molar-refractivity contribution in [1.82, 2.24) is 5.16 Å². The highest BCUT2D eigenvalue weighted by Gasteiger charge is 2.48. The number of hydrogen-bond acceptors (Lipinski definition) is 7. The molecule has 1 aliphatic rings. The zero-order chi connectivity index (χ0) is 21.4. The van der Waals surface area contributed by atoms with E-state index in [-0.39, 0.29) is 23.3 Å². The van der Waals surface area contributed by atoms with Gasteiger partial charge in [0.2, 0.25) is 0 Å². The first-order valence-corrected chi connectivity index (χ1v) is 10.3. The number of carbonyl (C=O) groups is 2. The number of nitrogens with zero attached hydrogens (tertiary/aromatic N) is 2. The lowest BCUT2D eigenvalue weighted by Crippen LogP contribution is -2.29. The van der Waals surface area contributed by atoms with Crippen molar-refractivity contribution < 1.29 is 24.0 Å². The van der Waals surface area contributed by atoms with Gasteiger partial charge in [-0.2, -0.15) is 0 Å². The molecule has 0 bridgehead atoms. The van der Waals surface area contributed by atoms with Gasteiger partial charge in [0.05, 0.1) is 11.7 Å². The Morgan fingerprint density at radius 2 is 1.97 bits per heavy atom. The average Bonchev–Trinajstić information content (AvgIpc) is 3.43. The molecular weight excluding hydrogens is 404 g/mol. The Morgan fingerprint density at radius 1 is 1.23 bits per heavy atom. The lowest BCUT2D eigenvalue weighted by molar-refractivity contribution is -0.132. The van der Waals surface area contributed by atoms with E-state index in [9.17, 15) is 14.7 Å². The number of rotatable bonds is 5. The van der Waals surface area contributed by atoms with Gasteiger partial charge in [0.15, 0.2) is 5.82 Å². The fourth-order valence-electron chi connectivity index (χ4n) is 3.37. The van der Waals surface area contributed by atoms with Crippen molar-refractivity contribution in [2.75, 3.05) is 4.90 Å². The number of benzene rings is 1. The van der Waals surface area contributed by atoms with Gasteiger partial charge in [-0.15, -0.1) is 11.3 Å². The van der Waals surface area contributed by atoms with E-state index in [1.54, 1.807) is 37.3 Å². The fourth-order valence-corrected chi connectivity index (χ4v) is 4.19. The molecule has 1 fully saturated rings. The van der Waals surface area contributed by atoms with Gasteiger partial charge in [-0.05, 0) is 56.5 Å². The van der Waals surface area contributed by atoms with Crippen LogP contribution in [0.25, 0.3) is 5.76 Å². The summed E-state index contributed by atoms with van der Waals surface area (Å²) < 4.78 is 10.7. The molecule has 154 valence electrons. The van der Waals surface area contributed by atoms with Crippen molar-refractivity contribution >= 4 is 34.6 Å². The van der Waals surface area contributed by atoms with E-state index in [0.29, 0.717) is 17.1 Å². The van der Waals surface area contributed by atoms with E-state index in [0.717, 1.165) is 4.88 Å². The molecule has 1 aromatic carbocycles. The maximum atomic E-state index is 12.9. The molecule has 30 heavy (non-hydrogen) atoms. The van der Waals surface area contributed by atoms with Gasteiger partial charge in [0, 0.05) is 16.5 Å². The summed E-state index contributed by atoms with van der Waals surface area (Å²) >= 11 is 1.39. The molecule has 0 radical (unpaired) electrons. The van der Waals surface area contributed by atoms with E-state index < -0.39 is 17.7 Å². The quantitative estimate of drug-likeness (QED) is 0.369. The molecule has 0 unspecified atom stereocenters. The van der Waals surface area contributed by atoms with Crippen LogP contribution in [-0.2, 0) is 9.59 Å². The van der Waals surface area contributed by atoms with Crippen LogP contribution in [0.15, 0.2) is 57.9 Å². The van der Waals surface area contributed by atoms with Crippen LogP contribution in [-0.4, -0.2) is 28.1 Å². The number of anilines is 1. The van der Waals surface area contributed by atoms with E-state index in [1.807, 2.05) is 31.4 Å². The third kappa shape index (κ3) is 3.50. The van der Waals surface area contributed by atoms with Gasteiger partial charge in [0.25, 0.3) is 5.78 Å². The molecule has 0 aliphatic carbocycles. The Hall–Kier alpha value is -3.39. The summed E-state index contributed by atoms with van der Waals surface area (Å²) in [5.74, 6) is -0.386. The average molecular weight is 424 g/mol. The molecule has 1 saturated heterocycles. The Kier molecular flexibility index (Phi) is 5.17. The molecule has 4 rings (SSSR count). The highest BCUT2D eigenvalue weighted by Crippen LogP contribution is 2.43. The Balaban J connectivity index is 1.82. The number of carbonyl (C=O) groups excluding carboxylic acids is 2. The summed E-state index contributed by atoms with van der Waals surface area (Å²) in [6.45, 7) is 5.54. The minimum absolute atomic E-state index is 0.0134. The third-order valence-corrected chi connectivity index (χ3v) is 5.54. The number of ketones is 1. The van der Waals surface area contributed by atoms with Crippen LogP contribution in [0.2, 0.25) is 0 Å². The molecule has 0 spiro atoms. The van der Waals surface area contributed by atoms with Crippen molar-refractivity contribution in [2.24, 2.45) is 0 Å². The highest BCUT2D eigenvalue weighted by atomic mass is 32.1. The highest BCUT2D eigenvalue weighted by molar-refractivity contribution is 7.10. The molecule has 1 atom stereocenters. The molecule has 7 nitrogen and oxygen atoms in total. The van der Waals surface area contributed by atoms with Crippen LogP contribution in [0.5, 0.6) is 5.75 Å².